The van der Waals surface area contributed by atoms with E-state index in [9.17, 15) is 13.6 Å². The van der Waals surface area contributed by atoms with E-state index in [2.05, 4.69) is 0 Å². The topological polar surface area (TPSA) is 26.3 Å². The Morgan fingerprint density at radius 3 is 2.35 bits per heavy atom. The molecular formula is C16H18F2O2. The molecule has 2 nitrogen and oxygen atoms in total. The first kappa shape index (κ1) is 14.7. The summed E-state index contributed by atoms with van der Waals surface area (Å²) < 4.78 is 33.1. The third kappa shape index (κ3) is 3.06. The normalized spacial score (nSPS) is 24.6. The van der Waals surface area contributed by atoms with E-state index in [4.69, 9.17) is 4.74 Å². The molecule has 108 valence electrons. The average Bonchev–Trinajstić information content (AvgIpc) is 2.64. The molecule has 0 heterocycles. The van der Waals surface area contributed by atoms with Crippen LogP contribution in [0.4, 0.5) is 8.78 Å². The monoisotopic (exact) mass is 280 g/mol. The third-order valence-electron chi connectivity index (χ3n) is 3.14. The van der Waals surface area contributed by atoms with Gasteiger partial charge in [-0.25, -0.2) is 8.78 Å². The Balaban J connectivity index is 2.29. The van der Waals surface area contributed by atoms with E-state index >= 15 is 0 Å². The first-order chi connectivity index (χ1) is 9.21. The van der Waals surface area contributed by atoms with Crippen LogP contribution in [0.1, 0.15) is 32.3 Å². The number of carbonyl (C=O) groups excluding carboxylic acids is 1. The predicted molar refractivity (Wildman–Crippen MR) is 72.6 cm³/mol. The second kappa shape index (κ2) is 5.00. The van der Waals surface area contributed by atoms with E-state index in [-0.39, 0.29) is 0 Å². The highest BCUT2D eigenvalue weighted by Crippen LogP contribution is 2.45. The van der Waals surface area contributed by atoms with Gasteiger partial charge in [0.15, 0.2) is 0 Å². The Hall–Kier alpha value is -1.71. The standard InChI is InChI=1S/C16H18F2O2/c1-15(2,3)20-14(19)13-12(9-10-16(13,17)18)11-7-5-4-6-8-11/h4-10,12-13H,1-3H3. The lowest BCUT2D eigenvalue weighted by atomic mass is 9.87. The van der Waals surface area contributed by atoms with E-state index in [0.29, 0.717) is 5.56 Å². The van der Waals surface area contributed by atoms with Crippen molar-refractivity contribution in [2.45, 2.75) is 38.2 Å². The molecule has 1 aliphatic carbocycles. The number of halogens is 2. The highest BCUT2D eigenvalue weighted by Gasteiger charge is 2.52. The van der Waals surface area contributed by atoms with Gasteiger partial charge in [-0.1, -0.05) is 36.4 Å². The van der Waals surface area contributed by atoms with Gasteiger partial charge in [0.25, 0.3) is 5.92 Å². The van der Waals surface area contributed by atoms with Crippen molar-refractivity contribution < 1.29 is 18.3 Å². The molecule has 2 rings (SSSR count). The minimum Gasteiger partial charge on any atom is -0.460 e. The van der Waals surface area contributed by atoms with Crippen LogP contribution in [0, 0.1) is 5.92 Å². The Bertz CT molecular complexity index is 515. The van der Waals surface area contributed by atoms with Crippen molar-refractivity contribution in [2.24, 2.45) is 5.92 Å². The number of allylic oxidation sites excluding steroid dienone is 2. The SMILES string of the molecule is CC(C)(C)OC(=O)C1C(c2ccccc2)C=CC1(F)F. The summed E-state index contributed by atoms with van der Waals surface area (Å²) >= 11 is 0. The van der Waals surface area contributed by atoms with Crippen LogP contribution in [0.3, 0.4) is 0 Å². The molecule has 0 spiro atoms. The molecule has 1 aromatic rings. The van der Waals surface area contributed by atoms with E-state index in [1.807, 2.05) is 6.07 Å². The van der Waals surface area contributed by atoms with Crippen molar-refractivity contribution in [2.75, 3.05) is 0 Å². The summed E-state index contributed by atoms with van der Waals surface area (Å²) in [5.74, 6) is -6.19. The fourth-order valence-corrected chi connectivity index (χ4v) is 2.33. The predicted octanol–water partition coefficient (Wildman–Crippen LogP) is 3.93. The van der Waals surface area contributed by atoms with Crippen molar-refractivity contribution in [3.63, 3.8) is 0 Å². The molecule has 0 saturated heterocycles. The third-order valence-corrected chi connectivity index (χ3v) is 3.14. The molecule has 0 fully saturated rings. The maximum Gasteiger partial charge on any atom is 0.316 e. The van der Waals surface area contributed by atoms with Gasteiger partial charge in [0, 0.05) is 5.92 Å². The molecule has 0 saturated carbocycles. The van der Waals surface area contributed by atoms with Gasteiger partial charge in [-0.05, 0) is 32.4 Å². The molecule has 1 aromatic carbocycles. The number of rotatable bonds is 2. The maximum absolute atomic E-state index is 14.0. The van der Waals surface area contributed by atoms with Crippen molar-refractivity contribution in [3.8, 4) is 0 Å². The summed E-state index contributed by atoms with van der Waals surface area (Å²) in [6.07, 6.45) is 2.20. The zero-order chi connectivity index (χ0) is 15.0. The second-order valence-electron chi connectivity index (χ2n) is 5.98. The van der Waals surface area contributed by atoms with Crippen LogP contribution in [0.2, 0.25) is 0 Å². The number of esters is 1. The average molecular weight is 280 g/mol. The summed E-state index contributed by atoms with van der Waals surface area (Å²) in [7, 11) is 0. The van der Waals surface area contributed by atoms with Gasteiger partial charge in [0.05, 0.1) is 0 Å². The molecular weight excluding hydrogens is 262 g/mol. The fraction of sp³-hybridized carbons (Fsp3) is 0.438. The Kier molecular flexibility index (Phi) is 3.67. The molecule has 2 atom stereocenters. The van der Waals surface area contributed by atoms with Crippen LogP contribution in [0.15, 0.2) is 42.5 Å². The number of carbonyl (C=O) groups is 1. The number of hydrogen-bond donors (Lipinski definition) is 0. The van der Waals surface area contributed by atoms with Crippen molar-refractivity contribution in [1.29, 1.82) is 0 Å². The minimum atomic E-state index is -3.18. The molecule has 0 radical (unpaired) electrons. The van der Waals surface area contributed by atoms with Gasteiger partial charge in [0.1, 0.15) is 11.5 Å². The molecule has 2 unspecified atom stereocenters. The molecule has 0 amide bonds. The Morgan fingerprint density at radius 1 is 1.20 bits per heavy atom. The fourth-order valence-electron chi connectivity index (χ4n) is 2.33. The van der Waals surface area contributed by atoms with E-state index in [1.54, 1.807) is 45.0 Å². The lowest BCUT2D eigenvalue weighted by Crippen LogP contribution is -2.38. The van der Waals surface area contributed by atoms with Crippen LogP contribution in [-0.4, -0.2) is 17.5 Å². The van der Waals surface area contributed by atoms with Crippen LogP contribution < -0.4 is 0 Å². The second-order valence-corrected chi connectivity index (χ2v) is 5.98. The maximum atomic E-state index is 14.0. The van der Waals surface area contributed by atoms with Crippen LogP contribution >= 0.6 is 0 Å². The highest BCUT2D eigenvalue weighted by atomic mass is 19.3. The minimum absolute atomic E-state index is 0.652. The number of hydrogen-bond acceptors (Lipinski definition) is 2. The van der Waals surface area contributed by atoms with Gasteiger partial charge in [-0.15, -0.1) is 0 Å². The number of alkyl halides is 2. The molecule has 0 aromatic heterocycles. The molecule has 0 aliphatic heterocycles. The van der Waals surface area contributed by atoms with Gasteiger partial charge in [-0.3, -0.25) is 4.79 Å². The van der Waals surface area contributed by atoms with Gasteiger partial charge in [-0.2, -0.15) is 0 Å². The van der Waals surface area contributed by atoms with E-state index in [0.717, 1.165) is 6.08 Å². The quantitative estimate of drug-likeness (QED) is 0.606. The smallest absolute Gasteiger partial charge is 0.316 e. The van der Waals surface area contributed by atoms with Gasteiger partial charge in [0.2, 0.25) is 0 Å². The molecule has 0 bridgehead atoms. The van der Waals surface area contributed by atoms with E-state index in [1.165, 1.54) is 6.08 Å². The zero-order valence-corrected chi connectivity index (χ0v) is 11.8. The van der Waals surface area contributed by atoms with Crippen molar-refractivity contribution >= 4 is 5.97 Å². The summed E-state index contributed by atoms with van der Waals surface area (Å²) in [5, 5.41) is 0. The number of ether oxygens (including phenoxy) is 1. The van der Waals surface area contributed by atoms with Crippen LogP contribution in [-0.2, 0) is 9.53 Å². The van der Waals surface area contributed by atoms with E-state index < -0.39 is 29.3 Å². The molecule has 0 N–H and O–H groups in total. The summed E-state index contributed by atoms with van der Waals surface area (Å²) in [6.45, 7) is 5.01. The number of benzene rings is 1. The van der Waals surface area contributed by atoms with Gasteiger partial charge < -0.3 is 4.74 Å². The lowest BCUT2D eigenvalue weighted by molar-refractivity contribution is -0.169. The Morgan fingerprint density at radius 2 is 1.80 bits per heavy atom. The molecule has 4 heteroatoms. The molecule has 1 aliphatic rings. The first-order valence-corrected chi connectivity index (χ1v) is 6.56. The van der Waals surface area contributed by atoms with Crippen molar-refractivity contribution in [1.82, 2.24) is 0 Å². The summed E-state index contributed by atoms with van der Waals surface area (Å²) in [6, 6.07) is 8.84. The summed E-state index contributed by atoms with van der Waals surface area (Å²) in [5.41, 5.74) is -0.0893. The van der Waals surface area contributed by atoms with Crippen LogP contribution in [0.25, 0.3) is 0 Å². The highest BCUT2D eigenvalue weighted by molar-refractivity contribution is 5.77. The Labute approximate surface area is 117 Å². The lowest BCUT2D eigenvalue weighted by Gasteiger charge is -2.28. The van der Waals surface area contributed by atoms with Crippen LogP contribution in [0.5, 0.6) is 0 Å². The molecule has 20 heavy (non-hydrogen) atoms. The zero-order valence-electron chi connectivity index (χ0n) is 11.8. The van der Waals surface area contributed by atoms with Crippen molar-refractivity contribution in [3.05, 3.63) is 48.0 Å². The first-order valence-electron chi connectivity index (χ1n) is 6.56. The summed E-state index contributed by atoms with van der Waals surface area (Å²) in [4.78, 5) is 12.1. The van der Waals surface area contributed by atoms with Gasteiger partial charge >= 0.3 is 5.97 Å². The largest absolute Gasteiger partial charge is 0.460 e.